The van der Waals surface area contributed by atoms with Gasteiger partial charge in [0, 0.05) is 45.8 Å². The summed E-state index contributed by atoms with van der Waals surface area (Å²) in [5.41, 5.74) is 0. The van der Waals surface area contributed by atoms with Gasteiger partial charge < -0.3 is 14.9 Å². The first-order valence-corrected chi connectivity index (χ1v) is 8.08. The lowest BCUT2D eigenvalue weighted by Crippen LogP contribution is -2.53. The number of amides is 2. The van der Waals surface area contributed by atoms with Gasteiger partial charge >= 0.3 is 12.0 Å². The molecule has 1 heterocycles. The highest BCUT2D eigenvalue weighted by atomic mass is 16.4. The standard InChI is InChI=1S/C15H27N3O3/c1-2-6-18(12-13-3-4-13)15(21)17-10-8-16(9-11-17)7-5-14(19)20/h13H,2-12H2,1H3,(H,19,20). The van der Waals surface area contributed by atoms with Gasteiger partial charge in [-0.1, -0.05) is 6.92 Å². The van der Waals surface area contributed by atoms with E-state index in [9.17, 15) is 9.59 Å². The van der Waals surface area contributed by atoms with Crippen molar-refractivity contribution in [2.75, 3.05) is 45.8 Å². The maximum absolute atomic E-state index is 12.6. The molecule has 2 amide bonds. The lowest BCUT2D eigenvalue weighted by molar-refractivity contribution is -0.137. The molecule has 1 aliphatic carbocycles. The highest BCUT2D eigenvalue weighted by Crippen LogP contribution is 2.30. The number of carboxylic acids is 1. The Morgan fingerprint density at radius 2 is 1.86 bits per heavy atom. The fraction of sp³-hybridized carbons (Fsp3) is 0.867. The lowest BCUT2D eigenvalue weighted by atomic mass is 10.3. The number of hydrogen-bond donors (Lipinski definition) is 1. The smallest absolute Gasteiger partial charge is 0.320 e. The molecule has 6 heteroatoms. The van der Waals surface area contributed by atoms with Crippen LogP contribution in [-0.2, 0) is 4.79 Å². The molecule has 2 aliphatic rings. The summed E-state index contributed by atoms with van der Waals surface area (Å²) >= 11 is 0. The highest BCUT2D eigenvalue weighted by Gasteiger charge is 2.30. The molecule has 1 N–H and O–H groups in total. The molecule has 1 aliphatic heterocycles. The average Bonchev–Trinajstić information content (AvgIpc) is 3.28. The molecule has 0 aromatic carbocycles. The number of carbonyl (C=O) groups is 2. The van der Waals surface area contributed by atoms with Gasteiger partial charge in [0.05, 0.1) is 6.42 Å². The van der Waals surface area contributed by atoms with E-state index in [1.807, 2.05) is 9.80 Å². The molecule has 6 nitrogen and oxygen atoms in total. The number of carbonyl (C=O) groups excluding carboxylic acids is 1. The van der Waals surface area contributed by atoms with Gasteiger partial charge in [0.15, 0.2) is 0 Å². The largest absolute Gasteiger partial charge is 0.481 e. The topological polar surface area (TPSA) is 64.1 Å². The van der Waals surface area contributed by atoms with Gasteiger partial charge in [-0.2, -0.15) is 0 Å². The van der Waals surface area contributed by atoms with Crippen molar-refractivity contribution in [3.63, 3.8) is 0 Å². The third kappa shape index (κ3) is 5.19. The zero-order valence-electron chi connectivity index (χ0n) is 13.0. The van der Waals surface area contributed by atoms with E-state index in [0.29, 0.717) is 19.6 Å². The fourth-order valence-corrected chi connectivity index (χ4v) is 2.76. The van der Waals surface area contributed by atoms with Gasteiger partial charge in [-0.3, -0.25) is 9.69 Å². The van der Waals surface area contributed by atoms with E-state index in [4.69, 9.17) is 5.11 Å². The molecule has 21 heavy (non-hydrogen) atoms. The number of carboxylic acid groups (broad SMARTS) is 1. The molecule has 0 radical (unpaired) electrons. The van der Waals surface area contributed by atoms with Crippen LogP contribution in [0.15, 0.2) is 0 Å². The van der Waals surface area contributed by atoms with E-state index in [0.717, 1.165) is 38.5 Å². The van der Waals surface area contributed by atoms with Crippen LogP contribution < -0.4 is 0 Å². The predicted octanol–water partition coefficient (Wildman–Crippen LogP) is 1.32. The average molecular weight is 297 g/mol. The lowest BCUT2D eigenvalue weighted by Gasteiger charge is -2.37. The summed E-state index contributed by atoms with van der Waals surface area (Å²) < 4.78 is 0. The minimum absolute atomic E-state index is 0.168. The van der Waals surface area contributed by atoms with Crippen LogP contribution >= 0.6 is 0 Å². The molecule has 0 aromatic heterocycles. The Morgan fingerprint density at radius 1 is 1.19 bits per heavy atom. The second-order valence-electron chi connectivity index (χ2n) is 6.14. The summed E-state index contributed by atoms with van der Waals surface area (Å²) in [6, 6.07) is 0.168. The predicted molar refractivity (Wildman–Crippen MR) is 80.2 cm³/mol. The quantitative estimate of drug-likeness (QED) is 0.770. The highest BCUT2D eigenvalue weighted by molar-refractivity contribution is 5.74. The third-order valence-corrected chi connectivity index (χ3v) is 4.22. The van der Waals surface area contributed by atoms with E-state index in [2.05, 4.69) is 11.8 Å². The van der Waals surface area contributed by atoms with Gasteiger partial charge in [0.25, 0.3) is 0 Å². The Balaban J connectivity index is 1.76. The first-order valence-electron chi connectivity index (χ1n) is 8.08. The van der Waals surface area contributed by atoms with Crippen LogP contribution in [0.25, 0.3) is 0 Å². The Hall–Kier alpha value is -1.30. The van der Waals surface area contributed by atoms with Crippen molar-refractivity contribution in [3.05, 3.63) is 0 Å². The van der Waals surface area contributed by atoms with E-state index in [1.54, 1.807) is 0 Å². The minimum Gasteiger partial charge on any atom is -0.481 e. The molecule has 0 bridgehead atoms. The molecule has 0 atom stereocenters. The third-order valence-electron chi connectivity index (χ3n) is 4.22. The Bertz CT molecular complexity index is 363. The van der Waals surface area contributed by atoms with E-state index >= 15 is 0 Å². The molecule has 120 valence electrons. The number of rotatable bonds is 7. The van der Waals surface area contributed by atoms with Crippen molar-refractivity contribution in [2.24, 2.45) is 5.92 Å². The molecule has 1 saturated heterocycles. The number of aliphatic carboxylic acids is 1. The van der Waals surface area contributed by atoms with Crippen molar-refractivity contribution < 1.29 is 14.7 Å². The summed E-state index contributed by atoms with van der Waals surface area (Å²) in [6.45, 7) is 7.42. The first kappa shape index (κ1) is 16.1. The molecule has 2 fully saturated rings. The number of urea groups is 1. The second-order valence-corrected chi connectivity index (χ2v) is 6.14. The van der Waals surface area contributed by atoms with Crippen LogP contribution in [0.2, 0.25) is 0 Å². The number of hydrogen-bond acceptors (Lipinski definition) is 3. The summed E-state index contributed by atoms with van der Waals surface area (Å²) in [6.07, 6.45) is 3.70. The van der Waals surface area contributed by atoms with Crippen LogP contribution in [0.4, 0.5) is 4.79 Å². The van der Waals surface area contributed by atoms with Gasteiger partial charge in [-0.25, -0.2) is 4.79 Å². The summed E-state index contributed by atoms with van der Waals surface area (Å²) in [5, 5.41) is 8.71. The molecule has 0 aromatic rings. The fourth-order valence-electron chi connectivity index (χ4n) is 2.76. The SMILES string of the molecule is CCCN(CC1CC1)C(=O)N1CCN(CCC(=O)O)CC1. The van der Waals surface area contributed by atoms with E-state index in [1.165, 1.54) is 12.8 Å². The minimum atomic E-state index is -0.757. The van der Waals surface area contributed by atoms with Crippen molar-refractivity contribution in [1.29, 1.82) is 0 Å². The number of piperazine rings is 1. The van der Waals surface area contributed by atoms with Crippen molar-refractivity contribution in [3.8, 4) is 0 Å². The van der Waals surface area contributed by atoms with Crippen LogP contribution in [0.3, 0.4) is 0 Å². The van der Waals surface area contributed by atoms with Crippen molar-refractivity contribution >= 4 is 12.0 Å². The normalized spacial score (nSPS) is 19.6. The van der Waals surface area contributed by atoms with Gasteiger partial charge in [0.1, 0.15) is 0 Å². The van der Waals surface area contributed by atoms with Gasteiger partial charge in [0.2, 0.25) is 0 Å². The Morgan fingerprint density at radius 3 is 2.38 bits per heavy atom. The van der Waals surface area contributed by atoms with E-state index in [-0.39, 0.29) is 12.5 Å². The van der Waals surface area contributed by atoms with Crippen molar-refractivity contribution in [1.82, 2.24) is 14.7 Å². The maximum atomic E-state index is 12.6. The summed E-state index contributed by atoms with van der Waals surface area (Å²) in [4.78, 5) is 29.2. The molecular formula is C15H27N3O3. The zero-order valence-corrected chi connectivity index (χ0v) is 13.0. The molecule has 2 rings (SSSR count). The van der Waals surface area contributed by atoms with Crippen LogP contribution in [0.1, 0.15) is 32.6 Å². The van der Waals surface area contributed by atoms with Gasteiger partial charge in [-0.15, -0.1) is 0 Å². The summed E-state index contributed by atoms with van der Waals surface area (Å²) in [5.74, 6) is -0.0376. The van der Waals surface area contributed by atoms with Crippen molar-refractivity contribution in [2.45, 2.75) is 32.6 Å². The van der Waals surface area contributed by atoms with Crippen LogP contribution in [0.5, 0.6) is 0 Å². The van der Waals surface area contributed by atoms with Crippen LogP contribution in [0, 0.1) is 5.92 Å². The molecule has 0 spiro atoms. The van der Waals surface area contributed by atoms with Crippen LogP contribution in [-0.4, -0.2) is 77.6 Å². The molecule has 0 unspecified atom stereocenters. The number of nitrogens with zero attached hydrogens (tertiary/aromatic N) is 3. The Labute approximate surface area is 126 Å². The zero-order chi connectivity index (χ0) is 15.2. The first-order chi connectivity index (χ1) is 10.1. The Kier molecular flexibility index (Phi) is 5.85. The van der Waals surface area contributed by atoms with E-state index < -0.39 is 5.97 Å². The molecule has 1 saturated carbocycles. The second kappa shape index (κ2) is 7.64. The maximum Gasteiger partial charge on any atom is 0.320 e. The molecular weight excluding hydrogens is 270 g/mol. The monoisotopic (exact) mass is 297 g/mol. The van der Waals surface area contributed by atoms with Gasteiger partial charge in [-0.05, 0) is 25.2 Å². The summed E-state index contributed by atoms with van der Waals surface area (Å²) in [7, 11) is 0.